The Morgan fingerprint density at radius 2 is 1.95 bits per heavy atom. The number of halogens is 1. The third-order valence-corrected chi connectivity index (χ3v) is 3.47. The van der Waals surface area contributed by atoms with Crippen LogP contribution in [-0.4, -0.2) is 20.0 Å². The fraction of sp³-hybridized carbons (Fsp3) is 0.0714. The molecule has 3 aromatic rings. The van der Waals surface area contributed by atoms with Crippen LogP contribution < -0.4 is 11.3 Å². The van der Waals surface area contributed by atoms with Gasteiger partial charge in [-0.3, -0.25) is 10.8 Å². The molecule has 6 nitrogen and oxygen atoms in total. The number of pyridine rings is 1. The number of nitrogens with zero attached hydrogens (tertiary/aromatic N) is 4. The molecule has 0 fully saturated rings. The van der Waals surface area contributed by atoms with Crippen LogP contribution in [0.4, 0.5) is 0 Å². The van der Waals surface area contributed by atoms with Crippen LogP contribution in [0.1, 0.15) is 17.3 Å². The van der Waals surface area contributed by atoms with E-state index in [0.717, 1.165) is 16.9 Å². The Morgan fingerprint density at radius 3 is 2.67 bits per heavy atom. The predicted octanol–water partition coefficient (Wildman–Crippen LogP) is 1.87. The highest BCUT2D eigenvalue weighted by Crippen LogP contribution is 2.27. The molecule has 7 heteroatoms. The van der Waals surface area contributed by atoms with Crippen LogP contribution in [0, 0.1) is 0 Å². The zero-order chi connectivity index (χ0) is 14.7. The number of nitrogens with one attached hydrogen (secondary N) is 1. The smallest absolute Gasteiger partial charge is 0.0914 e. The highest BCUT2D eigenvalue weighted by Gasteiger charge is 2.21. The quantitative estimate of drug-likeness (QED) is 0.568. The standard InChI is InChI=1S/C14H13ClN6/c15-12-8-17-7-6-11(12)14(19-16)13-9-18-20-21(13)10-4-2-1-3-5-10/h1-9,14,19H,16H2. The van der Waals surface area contributed by atoms with Gasteiger partial charge in [-0.1, -0.05) is 35.0 Å². The van der Waals surface area contributed by atoms with Crippen molar-refractivity contribution in [2.24, 2.45) is 5.84 Å². The minimum atomic E-state index is -0.337. The highest BCUT2D eigenvalue weighted by molar-refractivity contribution is 6.31. The molecule has 3 rings (SSSR count). The minimum absolute atomic E-state index is 0.337. The number of aromatic nitrogens is 4. The van der Waals surface area contributed by atoms with E-state index < -0.39 is 0 Å². The maximum atomic E-state index is 6.20. The summed E-state index contributed by atoms with van der Waals surface area (Å²) in [4.78, 5) is 3.98. The molecule has 2 heterocycles. The summed E-state index contributed by atoms with van der Waals surface area (Å²) >= 11 is 6.20. The molecule has 0 radical (unpaired) electrons. The molecule has 3 N–H and O–H groups in total. The average molecular weight is 301 g/mol. The number of hydrogen-bond donors (Lipinski definition) is 2. The van der Waals surface area contributed by atoms with E-state index in [4.69, 9.17) is 17.4 Å². The zero-order valence-corrected chi connectivity index (χ0v) is 11.8. The Bertz CT molecular complexity index is 727. The first-order valence-electron chi connectivity index (χ1n) is 6.33. The van der Waals surface area contributed by atoms with Gasteiger partial charge in [-0.25, -0.2) is 10.1 Å². The fourth-order valence-electron chi connectivity index (χ4n) is 2.16. The molecule has 0 bridgehead atoms. The Hall–Kier alpha value is -2.28. The van der Waals surface area contributed by atoms with Crippen molar-refractivity contribution in [3.63, 3.8) is 0 Å². The van der Waals surface area contributed by atoms with Gasteiger partial charge < -0.3 is 0 Å². The summed E-state index contributed by atoms with van der Waals surface area (Å²) in [6, 6.07) is 11.2. The lowest BCUT2D eigenvalue weighted by molar-refractivity contribution is 0.595. The zero-order valence-electron chi connectivity index (χ0n) is 11.0. The topological polar surface area (TPSA) is 81.7 Å². The number of benzene rings is 1. The summed E-state index contributed by atoms with van der Waals surface area (Å²) in [6.07, 6.45) is 4.91. The van der Waals surface area contributed by atoms with Crippen LogP contribution in [0.2, 0.25) is 5.02 Å². The maximum absolute atomic E-state index is 6.20. The lowest BCUT2D eigenvalue weighted by Crippen LogP contribution is -2.30. The minimum Gasteiger partial charge on any atom is -0.271 e. The lowest BCUT2D eigenvalue weighted by atomic mass is 10.1. The van der Waals surface area contributed by atoms with Crippen molar-refractivity contribution in [3.05, 3.63) is 71.3 Å². The molecular weight excluding hydrogens is 288 g/mol. The SMILES string of the molecule is NNC(c1ccncc1Cl)c1cnnn1-c1ccccc1. The highest BCUT2D eigenvalue weighted by atomic mass is 35.5. The predicted molar refractivity (Wildman–Crippen MR) is 79.8 cm³/mol. The van der Waals surface area contributed by atoms with Crippen molar-refractivity contribution in [2.45, 2.75) is 6.04 Å². The summed E-state index contributed by atoms with van der Waals surface area (Å²) < 4.78 is 1.72. The summed E-state index contributed by atoms with van der Waals surface area (Å²) in [7, 11) is 0. The third kappa shape index (κ3) is 2.64. The molecule has 1 unspecified atom stereocenters. The van der Waals surface area contributed by atoms with Crippen LogP contribution >= 0.6 is 11.6 Å². The van der Waals surface area contributed by atoms with Crippen molar-refractivity contribution in [3.8, 4) is 5.69 Å². The second kappa shape index (κ2) is 6.01. The number of nitrogens with two attached hydrogens (primary N) is 1. The van der Waals surface area contributed by atoms with Gasteiger partial charge in [0.2, 0.25) is 0 Å². The summed E-state index contributed by atoms with van der Waals surface area (Å²) in [5.41, 5.74) is 5.26. The van der Waals surface area contributed by atoms with Crippen molar-refractivity contribution in [2.75, 3.05) is 0 Å². The first kappa shape index (κ1) is 13.7. The maximum Gasteiger partial charge on any atom is 0.0914 e. The molecule has 1 aromatic carbocycles. The van der Waals surface area contributed by atoms with Gasteiger partial charge in [-0.05, 0) is 23.8 Å². The normalized spacial score (nSPS) is 12.3. The Labute approximate surface area is 126 Å². The van der Waals surface area contributed by atoms with Crippen molar-refractivity contribution >= 4 is 11.6 Å². The number of para-hydroxylation sites is 1. The molecule has 0 amide bonds. The van der Waals surface area contributed by atoms with Crippen molar-refractivity contribution in [1.82, 2.24) is 25.4 Å². The molecule has 2 aromatic heterocycles. The van der Waals surface area contributed by atoms with Gasteiger partial charge in [-0.2, -0.15) is 0 Å². The number of rotatable bonds is 4. The average Bonchev–Trinajstić information content (AvgIpc) is 3.00. The summed E-state index contributed by atoms with van der Waals surface area (Å²) in [5, 5.41) is 8.63. The first-order valence-corrected chi connectivity index (χ1v) is 6.70. The molecule has 0 aliphatic carbocycles. The van der Waals surface area contributed by atoms with Crippen LogP contribution in [0.5, 0.6) is 0 Å². The molecule has 1 atom stereocenters. The van der Waals surface area contributed by atoms with Gasteiger partial charge >= 0.3 is 0 Å². The van der Waals surface area contributed by atoms with Crippen LogP contribution in [0.15, 0.2) is 55.0 Å². The van der Waals surface area contributed by atoms with E-state index in [0.29, 0.717) is 5.02 Å². The van der Waals surface area contributed by atoms with E-state index >= 15 is 0 Å². The van der Waals surface area contributed by atoms with E-state index in [1.54, 1.807) is 23.3 Å². The fourth-order valence-corrected chi connectivity index (χ4v) is 2.39. The second-order valence-corrected chi connectivity index (χ2v) is 4.81. The van der Waals surface area contributed by atoms with E-state index in [2.05, 4.69) is 20.7 Å². The number of hydrazine groups is 1. The monoisotopic (exact) mass is 300 g/mol. The van der Waals surface area contributed by atoms with E-state index in [1.807, 2.05) is 36.4 Å². The molecule has 0 aliphatic rings. The lowest BCUT2D eigenvalue weighted by Gasteiger charge is -2.18. The van der Waals surface area contributed by atoms with Gasteiger partial charge in [0.05, 0.1) is 28.6 Å². The Balaban J connectivity index is 2.08. The summed E-state index contributed by atoms with van der Waals surface area (Å²) in [6.45, 7) is 0. The van der Waals surface area contributed by atoms with Crippen LogP contribution in [-0.2, 0) is 0 Å². The van der Waals surface area contributed by atoms with E-state index in [1.165, 1.54) is 0 Å². The van der Waals surface area contributed by atoms with E-state index in [-0.39, 0.29) is 6.04 Å². The van der Waals surface area contributed by atoms with E-state index in [9.17, 15) is 0 Å². The summed E-state index contributed by atoms with van der Waals surface area (Å²) in [5.74, 6) is 5.71. The van der Waals surface area contributed by atoms with Gasteiger partial charge in [0.15, 0.2) is 0 Å². The molecule has 0 spiro atoms. The molecule has 21 heavy (non-hydrogen) atoms. The first-order chi connectivity index (χ1) is 10.3. The van der Waals surface area contributed by atoms with Gasteiger partial charge in [-0.15, -0.1) is 5.10 Å². The van der Waals surface area contributed by atoms with Crippen LogP contribution in [0.25, 0.3) is 5.69 Å². The van der Waals surface area contributed by atoms with Crippen molar-refractivity contribution < 1.29 is 0 Å². The van der Waals surface area contributed by atoms with Crippen LogP contribution in [0.3, 0.4) is 0 Å². The molecule has 0 saturated carbocycles. The largest absolute Gasteiger partial charge is 0.271 e. The molecular formula is C14H13ClN6. The van der Waals surface area contributed by atoms with Crippen molar-refractivity contribution in [1.29, 1.82) is 0 Å². The number of hydrogen-bond acceptors (Lipinski definition) is 5. The van der Waals surface area contributed by atoms with Gasteiger partial charge in [0.1, 0.15) is 0 Å². The second-order valence-electron chi connectivity index (χ2n) is 4.40. The Morgan fingerprint density at radius 1 is 1.14 bits per heavy atom. The van der Waals surface area contributed by atoms with Gasteiger partial charge in [0.25, 0.3) is 0 Å². The Kier molecular flexibility index (Phi) is 3.92. The van der Waals surface area contributed by atoms with Gasteiger partial charge in [0, 0.05) is 12.4 Å². The molecule has 0 aliphatic heterocycles. The molecule has 106 valence electrons. The molecule has 0 saturated heterocycles. The third-order valence-electron chi connectivity index (χ3n) is 3.15.